The first-order valence-corrected chi connectivity index (χ1v) is 9.24. The van der Waals surface area contributed by atoms with Crippen molar-refractivity contribution in [3.63, 3.8) is 0 Å². The fraction of sp³-hybridized carbons (Fsp3) is 0.571. The van der Waals surface area contributed by atoms with Gasteiger partial charge in [-0.1, -0.05) is 76.6 Å². The van der Waals surface area contributed by atoms with Crippen LogP contribution in [0, 0.1) is 0 Å². The van der Waals surface area contributed by atoms with Crippen molar-refractivity contribution in [3.05, 3.63) is 42.5 Å². The van der Waals surface area contributed by atoms with E-state index < -0.39 is 6.29 Å². The number of unbranched alkanes of at least 4 members (excludes halogenated alkanes) is 7. The molecule has 24 heavy (non-hydrogen) atoms. The Morgan fingerprint density at radius 1 is 1.00 bits per heavy atom. The molecule has 0 radical (unpaired) electrons. The Balaban J connectivity index is 2.10. The molecular formula is C21H32O3. The summed E-state index contributed by atoms with van der Waals surface area (Å²) in [5.74, 6) is 0.327. The Morgan fingerprint density at radius 3 is 2.21 bits per heavy atom. The molecule has 1 unspecified atom stereocenters. The second-order valence-corrected chi connectivity index (χ2v) is 6.23. The molecule has 0 aromatic heterocycles. The highest BCUT2D eigenvalue weighted by Gasteiger charge is 2.13. The van der Waals surface area contributed by atoms with E-state index in [0.717, 1.165) is 12.8 Å². The lowest BCUT2D eigenvalue weighted by molar-refractivity contribution is -0.156. The molecule has 0 bridgehead atoms. The number of hydrogen-bond acceptors (Lipinski definition) is 3. The zero-order chi connectivity index (χ0) is 17.6. The fourth-order valence-electron chi connectivity index (χ4n) is 2.52. The van der Waals surface area contributed by atoms with Gasteiger partial charge < -0.3 is 9.47 Å². The van der Waals surface area contributed by atoms with E-state index in [1.54, 1.807) is 6.92 Å². The van der Waals surface area contributed by atoms with Gasteiger partial charge in [-0.3, -0.25) is 0 Å². The van der Waals surface area contributed by atoms with Crippen molar-refractivity contribution in [3.8, 4) is 5.75 Å². The minimum absolute atomic E-state index is 0.360. The highest BCUT2D eigenvalue weighted by Crippen LogP contribution is 2.15. The second-order valence-electron chi connectivity index (χ2n) is 6.23. The maximum atomic E-state index is 12.0. The second kappa shape index (κ2) is 12.6. The number of carbonyl (C=O) groups excluding carboxylic acids is 1. The van der Waals surface area contributed by atoms with Crippen LogP contribution in [0.25, 0.3) is 0 Å². The molecule has 1 rings (SSSR count). The minimum Gasteiger partial charge on any atom is -0.455 e. The quantitative estimate of drug-likeness (QED) is 0.191. The van der Waals surface area contributed by atoms with Crippen molar-refractivity contribution in [1.29, 1.82) is 0 Å². The van der Waals surface area contributed by atoms with Crippen molar-refractivity contribution < 1.29 is 14.3 Å². The van der Waals surface area contributed by atoms with Crippen LogP contribution in [0.5, 0.6) is 5.75 Å². The van der Waals surface area contributed by atoms with Gasteiger partial charge in [0.25, 0.3) is 0 Å². The molecule has 1 atom stereocenters. The Morgan fingerprint density at radius 2 is 1.58 bits per heavy atom. The average molecular weight is 332 g/mol. The van der Waals surface area contributed by atoms with E-state index in [-0.39, 0.29) is 5.97 Å². The van der Waals surface area contributed by atoms with Crippen LogP contribution in [0.2, 0.25) is 0 Å². The molecule has 0 saturated carbocycles. The van der Waals surface area contributed by atoms with Crippen molar-refractivity contribution in [2.45, 2.75) is 77.9 Å². The van der Waals surface area contributed by atoms with Crippen LogP contribution in [0.15, 0.2) is 42.5 Å². The summed E-state index contributed by atoms with van der Waals surface area (Å²) in [6.07, 6.45) is 10.0. The number of esters is 1. The molecular weight excluding hydrogens is 300 g/mol. The summed E-state index contributed by atoms with van der Waals surface area (Å²) < 4.78 is 10.8. The van der Waals surface area contributed by atoms with E-state index in [4.69, 9.17) is 9.47 Å². The highest BCUT2D eigenvalue weighted by atomic mass is 16.7. The molecule has 0 amide bonds. The third kappa shape index (κ3) is 9.39. The van der Waals surface area contributed by atoms with Crippen LogP contribution in [-0.4, -0.2) is 12.3 Å². The SMILES string of the molecule is C=C(CCCCCCCCCC)C(=O)OC(C)Oc1ccccc1. The van der Waals surface area contributed by atoms with Crippen LogP contribution < -0.4 is 4.74 Å². The number of rotatable bonds is 13. The first kappa shape index (κ1) is 20.3. The van der Waals surface area contributed by atoms with Crippen LogP contribution in [0.4, 0.5) is 0 Å². The standard InChI is InChI=1S/C21H32O3/c1-4-5-6-7-8-9-10-12-15-18(2)21(22)24-19(3)23-20-16-13-11-14-17-20/h11,13-14,16-17,19H,2,4-10,12,15H2,1,3H3. The Labute approximate surface area is 147 Å². The summed E-state index contributed by atoms with van der Waals surface area (Å²) in [6.45, 7) is 7.79. The van der Waals surface area contributed by atoms with Crippen molar-refractivity contribution in [2.24, 2.45) is 0 Å². The molecule has 1 aromatic carbocycles. The van der Waals surface area contributed by atoms with Gasteiger partial charge in [0.2, 0.25) is 6.29 Å². The van der Waals surface area contributed by atoms with Gasteiger partial charge in [-0.2, -0.15) is 0 Å². The van der Waals surface area contributed by atoms with Crippen LogP contribution in [-0.2, 0) is 9.53 Å². The molecule has 3 nitrogen and oxygen atoms in total. The number of hydrogen-bond donors (Lipinski definition) is 0. The smallest absolute Gasteiger partial charge is 0.336 e. The maximum Gasteiger partial charge on any atom is 0.336 e. The van der Waals surface area contributed by atoms with Gasteiger partial charge in [-0.05, 0) is 25.0 Å². The molecule has 0 aliphatic carbocycles. The molecule has 0 saturated heterocycles. The van der Waals surface area contributed by atoms with E-state index in [9.17, 15) is 4.79 Å². The molecule has 0 fully saturated rings. The molecule has 134 valence electrons. The van der Waals surface area contributed by atoms with Crippen molar-refractivity contribution in [2.75, 3.05) is 0 Å². The summed E-state index contributed by atoms with van der Waals surface area (Å²) in [7, 11) is 0. The summed E-state index contributed by atoms with van der Waals surface area (Å²) in [4.78, 5) is 12.0. The average Bonchev–Trinajstić information content (AvgIpc) is 2.57. The lowest BCUT2D eigenvalue weighted by Gasteiger charge is -2.16. The summed E-state index contributed by atoms with van der Waals surface area (Å²) in [5, 5.41) is 0. The molecule has 0 aliphatic rings. The predicted molar refractivity (Wildman–Crippen MR) is 99.0 cm³/mol. The predicted octanol–water partition coefficient (Wildman–Crippen LogP) is 6.04. The lowest BCUT2D eigenvalue weighted by Crippen LogP contribution is -2.21. The van der Waals surface area contributed by atoms with Gasteiger partial charge in [-0.15, -0.1) is 0 Å². The van der Waals surface area contributed by atoms with Gasteiger partial charge in [0, 0.05) is 12.5 Å². The van der Waals surface area contributed by atoms with Crippen LogP contribution >= 0.6 is 0 Å². The van der Waals surface area contributed by atoms with E-state index in [2.05, 4.69) is 13.5 Å². The topological polar surface area (TPSA) is 35.5 Å². The Kier molecular flexibility index (Phi) is 10.7. The van der Waals surface area contributed by atoms with Crippen molar-refractivity contribution >= 4 is 5.97 Å². The number of benzene rings is 1. The van der Waals surface area contributed by atoms with Gasteiger partial charge in [0.05, 0.1) is 0 Å². The van der Waals surface area contributed by atoms with Gasteiger partial charge in [0.1, 0.15) is 5.75 Å². The largest absolute Gasteiger partial charge is 0.455 e. The molecule has 0 aliphatic heterocycles. The minimum atomic E-state index is -0.616. The zero-order valence-corrected chi connectivity index (χ0v) is 15.3. The fourth-order valence-corrected chi connectivity index (χ4v) is 2.52. The maximum absolute atomic E-state index is 12.0. The highest BCUT2D eigenvalue weighted by molar-refractivity contribution is 5.87. The van der Waals surface area contributed by atoms with E-state index in [1.165, 1.54) is 38.5 Å². The molecule has 0 N–H and O–H groups in total. The van der Waals surface area contributed by atoms with E-state index >= 15 is 0 Å². The zero-order valence-electron chi connectivity index (χ0n) is 15.3. The normalized spacial score (nSPS) is 11.8. The molecule has 1 aromatic rings. The Bertz CT molecular complexity index is 467. The molecule has 3 heteroatoms. The van der Waals surface area contributed by atoms with Gasteiger partial charge in [-0.25, -0.2) is 4.79 Å². The third-order valence-corrected chi connectivity index (χ3v) is 3.94. The number of para-hydroxylation sites is 1. The Hall–Kier alpha value is -1.77. The van der Waals surface area contributed by atoms with E-state index in [1.807, 2.05) is 30.3 Å². The van der Waals surface area contributed by atoms with Crippen molar-refractivity contribution in [1.82, 2.24) is 0 Å². The summed E-state index contributed by atoms with van der Waals surface area (Å²) in [6, 6.07) is 9.34. The third-order valence-electron chi connectivity index (χ3n) is 3.94. The van der Waals surface area contributed by atoms with Crippen LogP contribution in [0.3, 0.4) is 0 Å². The molecule has 0 heterocycles. The van der Waals surface area contributed by atoms with Gasteiger partial charge >= 0.3 is 5.97 Å². The first-order valence-electron chi connectivity index (χ1n) is 9.24. The summed E-state index contributed by atoms with van der Waals surface area (Å²) in [5.41, 5.74) is 0.532. The first-order chi connectivity index (χ1) is 11.6. The molecule has 0 spiro atoms. The van der Waals surface area contributed by atoms with E-state index in [0.29, 0.717) is 17.7 Å². The monoisotopic (exact) mass is 332 g/mol. The lowest BCUT2D eigenvalue weighted by atomic mass is 10.1. The van der Waals surface area contributed by atoms with Gasteiger partial charge in [0.15, 0.2) is 0 Å². The number of carbonyl (C=O) groups is 1. The number of ether oxygens (including phenoxy) is 2. The summed E-state index contributed by atoms with van der Waals surface area (Å²) >= 11 is 0. The van der Waals surface area contributed by atoms with Crippen LogP contribution in [0.1, 0.15) is 71.6 Å².